The Morgan fingerprint density at radius 3 is 2.77 bits per heavy atom. The quantitative estimate of drug-likeness (QED) is 0.606. The number of carbonyl (C=O) groups excluding carboxylic acids is 1. The smallest absolute Gasteiger partial charge is 0.268 e. The van der Waals surface area contributed by atoms with Gasteiger partial charge in [-0.2, -0.15) is 0 Å². The first-order valence-electron chi connectivity index (χ1n) is 8.04. The highest BCUT2D eigenvalue weighted by molar-refractivity contribution is 6.31. The van der Waals surface area contributed by atoms with Gasteiger partial charge in [-0.05, 0) is 29.8 Å². The summed E-state index contributed by atoms with van der Waals surface area (Å²) in [5.74, 6) is -0.293. The van der Waals surface area contributed by atoms with Gasteiger partial charge in [-0.15, -0.1) is 0 Å². The Labute approximate surface area is 153 Å². The zero-order chi connectivity index (χ0) is 18.3. The monoisotopic (exact) mass is 366 g/mol. The fourth-order valence-electron chi connectivity index (χ4n) is 2.95. The van der Waals surface area contributed by atoms with Crippen LogP contribution in [0.3, 0.4) is 0 Å². The fourth-order valence-corrected chi connectivity index (χ4v) is 3.15. The van der Waals surface area contributed by atoms with E-state index in [9.17, 15) is 9.59 Å². The summed E-state index contributed by atoms with van der Waals surface area (Å²) >= 11 is 6.12. The van der Waals surface area contributed by atoms with Crippen LogP contribution in [-0.4, -0.2) is 19.9 Å². The fraction of sp³-hybridized carbons (Fsp3) is 0.105. The third kappa shape index (κ3) is 2.64. The molecule has 0 atom stereocenters. The lowest BCUT2D eigenvalue weighted by molar-refractivity contribution is 0.0943. The van der Waals surface area contributed by atoms with Crippen molar-refractivity contribution in [2.45, 2.75) is 6.54 Å². The van der Waals surface area contributed by atoms with Crippen molar-refractivity contribution in [1.82, 2.24) is 19.3 Å². The number of nitrogens with one attached hydrogen (secondary N) is 1. The summed E-state index contributed by atoms with van der Waals surface area (Å²) in [6.07, 6.45) is 1.66. The van der Waals surface area contributed by atoms with Crippen molar-refractivity contribution in [3.63, 3.8) is 0 Å². The van der Waals surface area contributed by atoms with Crippen LogP contribution < -0.4 is 10.9 Å². The maximum Gasteiger partial charge on any atom is 0.268 e. The second kappa shape index (κ2) is 6.31. The average molecular weight is 367 g/mol. The predicted octanol–water partition coefficient (Wildman–Crippen LogP) is 2.77. The van der Waals surface area contributed by atoms with Crippen molar-refractivity contribution in [2.24, 2.45) is 7.05 Å². The van der Waals surface area contributed by atoms with E-state index in [1.54, 1.807) is 42.1 Å². The number of benzene rings is 1. The van der Waals surface area contributed by atoms with E-state index in [-0.39, 0.29) is 11.5 Å². The molecule has 26 heavy (non-hydrogen) atoms. The van der Waals surface area contributed by atoms with Gasteiger partial charge in [-0.1, -0.05) is 35.9 Å². The molecule has 0 unspecified atom stereocenters. The van der Waals surface area contributed by atoms with Crippen LogP contribution in [0.25, 0.3) is 16.7 Å². The molecular formula is C19H15ClN4O2. The molecule has 0 radical (unpaired) electrons. The molecule has 7 heteroatoms. The molecule has 1 amide bonds. The first-order valence-corrected chi connectivity index (χ1v) is 8.42. The normalized spacial score (nSPS) is 11.2. The lowest BCUT2D eigenvalue weighted by Gasteiger charge is -2.07. The van der Waals surface area contributed by atoms with E-state index in [0.717, 1.165) is 5.56 Å². The van der Waals surface area contributed by atoms with Crippen molar-refractivity contribution >= 4 is 34.2 Å². The zero-order valence-corrected chi connectivity index (χ0v) is 14.7. The van der Waals surface area contributed by atoms with Crippen LogP contribution in [-0.2, 0) is 13.6 Å². The largest absolute Gasteiger partial charge is 0.347 e. The van der Waals surface area contributed by atoms with Gasteiger partial charge in [0.15, 0.2) is 0 Å². The maximum atomic E-state index is 12.7. The summed E-state index contributed by atoms with van der Waals surface area (Å²) in [6.45, 7) is 0.300. The van der Waals surface area contributed by atoms with E-state index in [2.05, 4.69) is 10.3 Å². The van der Waals surface area contributed by atoms with E-state index >= 15 is 0 Å². The second-order valence-electron chi connectivity index (χ2n) is 5.95. The number of aryl methyl sites for hydroxylation is 1. The molecule has 0 aliphatic carbocycles. The SMILES string of the molecule is Cn1c(C(=O)NCc2ccccc2Cl)cc2c(=O)n3ccccc3nc21. The van der Waals surface area contributed by atoms with E-state index < -0.39 is 0 Å². The number of hydrogen-bond donors (Lipinski definition) is 1. The van der Waals surface area contributed by atoms with Gasteiger partial charge in [-0.3, -0.25) is 14.0 Å². The number of pyridine rings is 1. The van der Waals surface area contributed by atoms with Gasteiger partial charge >= 0.3 is 0 Å². The summed E-state index contributed by atoms with van der Waals surface area (Å²) in [6, 6.07) is 14.2. The Balaban J connectivity index is 1.72. The Hall–Kier alpha value is -3.12. The minimum Gasteiger partial charge on any atom is -0.347 e. The lowest BCUT2D eigenvalue weighted by atomic mass is 10.2. The number of rotatable bonds is 3. The van der Waals surface area contributed by atoms with E-state index in [1.807, 2.05) is 24.3 Å². The van der Waals surface area contributed by atoms with Crippen LogP contribution in [0.4, 0.5) is 0 Å². The minimum absolute atomic E-state index is 0.202. The molecule has 3 aromatic heterocycles. The third-order valence-electron chi connectivity index (χ3n) is 4.34. The first kappa shape index (κ1) is 16.4. The topological polar surface area (TPSA) is 68.4 Å². The molecule has 1 aromatic carbocycles. The minimum atomic E-state index is -0.293. The summed E-state index contributed by atoms with van der Waals surface area (Å²) in [5.41, 5.74) is 2.00. The first-order chi connectivity index (χ1) is 12.6. The molecule has 130 valence electrons. The highest BCUT2D eigenvalue weighted by Crippen LogP contribution is 2.17. The number of fused-ring (bicyclic) bond motifs is 2. The van der Waals surface area contributed by atoms with Crippen molar-refractivity contribution in [2.75, 3.05) is 0 Å². The standard InChI is InChI=1S/C19H15ClN4O2/c1-23-15(18(25)21-11-12-6-2-3-7-14(12)20)10-13-17(23)22-16-8-4-5-9-24(16)19(13)26/h2-10H,11H2,1H3,(H,21,25). The summed E-state index contributed by atoms with van der Waals surface area (Å²) in [4.78, 5) is 29.8. The van der Waals surface area contributed by atoms with Gasteiger partial charge < -0.3 is 9.88 Å². The second-order valence-corrected chi connectivity index (χ2v) is 6.35. The van der Waals surface area contributed by atoms with Crippen LogP contribution in [0.1, 0.15) is 16.1 Å². The molecule has 0 aliphatic rings. The molecule has 0 spiro atoms. The number of nitrogens with zero attached hydrogens (tertiary/aromatic N) is 3. The molecule has 0 saturated carbocycles. The number of aromatic nitrogens is 3. The molecule has 0 bridgehead atoms. The van der Waals surface area contributed by atoms with Crippen LogP contribution in [0.2, 0.25) is 5.02 Å². The molecular weight excluding hydrogens is 352 g/mol. The molecule has 4 rings (SSSR count). The van der Waals surface area contributed by atoms with Crippen molar-refractivity contribution in [3.8, 4) is 0 Å². The van der Waals surface area contributed by atoms with Gasteiger partial charge in [-0.25, -0.2) is 4.98 Å². The lowest BCUT2D eigenvalue weighted by Crippen LogP contribution is -2.25. The van der Waals surface area contributed by atoms with Crippen LogP contribution >= 0.6 is 11.6 Å². The van der Waals surface area contributed by atoms with Gasteiger partial charge in [0.1, 0.15) is 17.0 Å². The maximum absolute atomic E-state index is 12.7. The summed E-state index contributed by atoms with van der Waals surface area (Å²) in [7, 11) is 1.72. The van der Waals surface area contributed by atoms with E-state index in [0.29, 0.717) is 33.9 Å². The van der Waals surface area contributed by atoms with Gasteiger partial charge in [0.25, 0.3) is 11.5 Å². The van der Waals surface area contributed by atoms with Gasteiger partial charge in [0.05, 0.1) is 5.39 Å². The highest BCUT2D eigenvalue weighted by Gasteiger charge is 2.17. The van der Waals surface area contributed by atoms with Crippen LogP contribution in [0.15, 0.2) is 59.5 Å². The molecule has 3 heterocycles. The highest BCUT2D eigenvalue weighted by atomic mass is 35.5. The third-order valence-corrected chi connectivity index (χ3v) is 4.71. The zero-order valence-electron chi connectivity index (χ0n) is 13.9. The van der Waals surface area contributed by atoms with Crippen molar-refractivity contribution < 1.29 is 4.79 Å². The Kier molecular flexibility index (Phi) is 3.97. The van der Waals surface area contributed by atoms with Crippen LogP contribution in [0, 0.1) is 0 Å². The number of amides is 1. The van der Waals surface area contributed by atoms with Crippen molar-refractivity contribution in [1.29, 1.82) is 0 Å². The number of halogens is 1. The molecule has 0 fully saturated rings. The van der Waals surface area contributed by atoms with Crippen LogP contribution in [0.5, 0.6) is 0 Å². The molecule has 0 aliphatic heterocycles. The number of hydrogen-bond acceptors (Lipinski definition) is 3. The Bertz CT molecular complexity index is 1210. The molecule has 6 nitrogen and oxygen atoms in total. The molecule has 4 aromatic rings. The predicted molar refractivity (Wildman–Crippen MR) is 101 cm³/mol. The summed E-state index contributed by atoms with van der Waals surface area (Å²) < 4.78 is 3.10. The van der Waals surface area contributed by atoms with E-state index in [4.69, 9.17) is 11.6 Å². The van der Waals surface area contributed by atoms with Gasteiger partial charge in [0.2, 0.25) is 0 Å². The average Bonchev–Trinajstić information content (AvgIpc) is 2.98. The Morgan fingerprint density at radius 1 is 1.19 bits per heavy atom. The number of carbonyl (C=O) groups is 1. The molecule has 0 saturated heterocycles. The van der Waals surface area contributed by atoms with Crippen molar-refractivity contribution in [3.05, 3.63) is 81.4 Å². The van der Waals surface area contributed by atoms with E-state index in [1.165, 1.54) is 4.40 Å². The summed E-state index contributed by atoms with van der Waals surface area (Å²) in [5, 5.41) is 3.83. The Morgan fingerprint density at radius 2 is 1.96 bits per heavy atom. The van der Waals surface area contributed by atoms with Gasteiger partial charge in [0, 0.05) is 24.8 Å². The molecule has 1 N–H and O–H groups in total.